The molecule has 2 aromatic rings. The summed E-state index contributed by atoms with van der Waals surface area (Å²) in [6.07, 6.45) is 0. The number of carbonyl (C=O) groups is 1. The number of amides is 1. The third-order valence-electron chi connectivity index (χ3n) is 4.72. The molecule has 0 fully saturated rings. The van der Waals surface area contributed by atoms with Crippen molar-refractivity contribution in [2.45, 2.75) is 26.1 Å². The van der Waals surface area contributed by atoms with Crippen molar-refractivity contribution in [3.8, 4) is 17.2 Å². The van der Waals surface area contributed by atoms with Crippen LogP contribution >= 0.6 is 0 Å². The average Bonchev–Trinajstić information content (AvgIpc) is 2.71. The van der Waals surface area contributed by atoms with Gasteiger partial charge in [-0.1, -0.05) is 24.3 Å². The summed E-state index contributed by atoms with van der Waals surface area (Å²) in [6.45, 7) is 4.12. The molecule has 2 aromatic carbocycles. The molecule has 0 aliphatic carbocycles. The second-order valence-electron chi connectivity index (χ2n) is 6.60. The predicted octanol–water partition coefficient (Wildman–Crippen LogP) is 2.60. The van der Waals surface area contributed by atoms with Crippen LogP contribution in [0.25, 0.3) is 0 Å². The van der Waals surface area contributed by atoms with E-state index in [9.17, 15) is 4.79 Å². The number of nitrogens with one attached hydrogen (secondary N) is 1. The van der Waals surface area contributed by atoms with Crippen LogP contribution in [0.4, 0.5) is 0 Å². The Morgan fingerprint density at radius 1 is 1.19 bits per heavy atom. The van der Waals surface area contributed by atoms with Crippen LogP contribution in [0.3, 0.4) is 0 Å². The SMILES string of the molecule is COc1ccccc1CNC(=O)[C@@H](C)N(C)Cc1ccc2c(c1)OCCO2. The van der Waals surface area contributed by atoms with Crippen molar-refractivity contribution >= 4 is 5.91 Å². The highest BCUT2D eigenvalue weighted by Gasteiger charge is 2.19. The number of methoxy groups -OCH3 is 1. The lowest BCUT2D eigenvalue weighted by molar-refractivity contribution is -0.125. The van der Waals surface area contributed by atoms with Crippen LogP contribution < -0.4 is 19.5 Å². The van der Waals surface area contributed by atoms with Crippen LogP contribution in [0.5, 0.6) is 17.2 Å². The molecule has 0 radical (unpaired) electrons. The van der Waals surface area contributed by atoms with E-state index < -0.39 is 0 Å². The zero-order valence-corrected chi connectivity index (χ0v) is 16.0. The first kappa shape index (κ1) is 19.0. The van der Waals surface area contributed by atoms with Gasteiger partial charge in [0.15, 0.2) is 11.5 Å². The Bertz CT molecular complexity index is 794. The van der Waals surface area contributed by atoms with E-state index in [0.29, 0.717) is 26.3 Å². The minimum atomic E-state index is -0.270. The van der Waals surface area contributed by atoms with Gasteiger partial charge in [0.05, 0.1) is 13.2 Å². The number of para-hydroxylation sites is 1. The normalized spacial score (nSPS) is 13.9. The first-order chi connectivity index (χ1) is 13.1. The summed E-state index contributed by atoms with van der Waals surface area (Å²) in [5.41, 5.74) is 2.03. The number of benzene rings is 2. The summed E-state index contributed by atoms with van der Waals surface area (Å²) in [7, 11) is 3.56. The van der Waals surface area contributed by atoms with Crippen molar-refractivity contribution in [2.75, 3.05) is 27.4 Å². The van der Waals surface area contributed by atoms with Gasteiger partial charge in [0, 0.05) is 18.7 Å². The second-order valence-corrected chi connectivity index (χ2v) is 6.60. The highest BCUT2D eigenvalue weighted by atomic mass is 16.6. The van der Waals surface area contributed by atoms with Crippen molar-refractivity contribution in [3.05, 3.63) is 53.6 Å². The van der Waals surface area contributed by atoms with Crippen molar-refractivity contribution in [3.63, 3.8) is 0 Å². The third kappa shape index (κ3) is 4.71. The van der Waals surface area contributed by atoms with Gasteiger partial charge in [0.2, 0.25) is 5.91 Å². The molecule has 144 valence electrons. The van der Waals surface area contributed by atoms with Gasteiger partial charge < -0.3 is 19.5 Å². The first-order valence-corrected chi connectivity index (χ1v) is 9.07. The van der Waals surface area contributed by atoms with E-state index in [0.717, 1.165) is 28.4 Å². The molecule has 1 N–H and O–H groups in total. The Hall–Kier alpha value is -2.73. The van der Waals surface area contributed by atoms with Crippen LogP contribution in [-0.2, 0) is 17.9 Å². The maximum Gasteiger partial charge on any atom is 0.237 e. The summed E-state index contributed by atoms with van der Waals surface area (Å²) in [4.78, 5) is 14.5. The lowest BCUT2D eigenvalue weighted by Gasteiger charge is -2.25. The van der Waals surface area contributed by atoms with Crippen LogP contribution in [0.2, 0.25) is 0 Å². The second kappa shape index (κ2) is 8.77. The third-order valence-corrected chi connectivity index (χ3v) is 4.72. The van der Waals surface area contributed by atoms with E-state index in [4.69, 9.17) is 14.2 Å². The van der Waals surface area contributed by atoms with Gasteiger partial charge in [0.25, 0.3) is 0 Å². The summed E-state index contributed by atoms with van der Waals surface area (Å²) >= 11 is 0. The van der Waals surface area contributed by atoms with Gasteiger partial charge in [-0.3, -0.25) is 9.69 Å². The van der Waals surface area contributed by atoms with Crippen LogP contribution in [0, 0.1) is 0 Å². The minimum absolute atomic E-state index is 0.0269. The van der Waals surface area contributed by atoms with Crippen LogP contribution in [0.1, 0.15) is 18.1 Å². The Morgan fingerprint density at radius 2 is 1.93 bits per heavy atom. The molecule has 6 nitrogen and oxygen atoms in total. The Morgan fingerprint density at radius 3 is 2.70 bits per heavy atom. The molecule has 1 atom stereocenters. The van der Waals surface area contributed by atoms with Gasteiger partial charge in [-0.05, 0) is 37.7 Å². The number of likely N-dealkylation sites (N-methyl/N-ethyl adjacent to an activating group) is 1. The maximum absolute atomic E-state index is 12.5. The van der Waals surface area contributed by atoms with Gasteiger partial charge >= 0.3 is 0 Å². The Balaban J connectivity index is 1.56. The molecule has 1 heterocycles. The number of rotatable bonds is 7. The molecule has 0 unspecified atom stereocenters. The van der Waals surface area contributed by atoms with E-state index in [1.807, 2.05) is 61.3 Å². The van der Waals surface area contributed by atoms with E-state index in [1.54, 1.807) is 7.11 Å². The largest absolute Gasteiger partial charge is 0.496 e. The fraction of sp³-hybridized carbons (Fsp3) is 0.381. The minimum Gasteiger partial charge on any atom is -0.496 e. The monoisotopic (exact) mass is 370 g/mol. The molecule has 0 saturated carbocycles. The Kier molecular flexibility index (Phi) is 6.19. The quantitative estimate of drug-likeness (QED) is 0.812. The van der Waals surface area contributed by atoms with Crippen LogP contribution in [-0.4, -0.2) is 44.2 Å². The Labute approximate surface area is 160 Å². The smallest absolute Gasteiger partial charge is 0.237 e. The van der Waals surface area contributed by atoms with Crippen LogP contribution in [0.15, 0.2) is 42.5 Å². The zero-order chi connectivity index (χ0) is 19.2. The number of ether oxygens (including phenoxy) is 3. The number of fused-ring (bicyclic) bond motifs is 1. The first-order valence-electron chi connectivity index (χ1n) is 9.07. The number of hydrogen-bond donors (Lipinski definition) is 1. The van der Waals surface area contributed by atoms with Crippen molar-refractivity contribution < 1.29 is 19.0 Å². The molecule has 3 rings (SSSR count). The van der Waals surface area contributed by atoms with E-state index in [1.165, 1.54) is 0 Å². The summed E-state index contributed by atoms with van der Waals surface area (Å²) in [5.74, 6) is 2.28. The maximum atomic E-state index is 12.5. The van der Waals surface area contributed by atoms with E-state index >= 15 is 0 Å². The zero-order valence-electron chi connectivity index (χ0n) is 16.0. The van der Waals surface area contributed by atoms with Gasteiger partial charge in [-0.15, -0.1) is 0 Å². The highest BCUT2D eigenvalue weighted by Crippen LogP contribution is 2.31. The highest BCUT2D eigenvalue weighted by molar-refractivity contribution is 5.81. The van der Waals surface area contributed by atoms with Gasteiger partial charge in [-0.2, -0.15) is 0 Å². The lowest BCUT2D eigenvalue weighted by atomic mass is 10.1. The molecule has 1 amide bonds. The van der Waals surface area contributed by atoms with Crippen molar-refractivity contribution in [1.29, 1.82) is 0 Å². The van der Waals surface area contributed by atoms with E-state index in [-0.39, 0.29) is 11.9 Å². The predicted molar refractivity (Wildman–Crippen MR) is 103 cm³/mol. The molecular formula is C21H26N2O4. The summed E-state index contributed by atoms with van der Waals surface area (Å²) in [5, 5.41) is 2.98. The molecule has 27 heavy (non-hydrogen) atoms. The number of carbonyl (C=O) groups excluding carboxylic acids is 1. The number of nitrogens with zero attached hydrogens (tertiary/aromatic N) is 1. The van der Waals surface area contributed by atoms with Gasteiger partial charge in [-0.25, -0.2) is 0 Å². The van der Waals surface area contributed by atoms with Crippen molar-refractivity contribution in [1.82, 2.24) is 10.2 Å². The summed E-state index contributed by atoms with van der Waals surface area (Å²) < 4.78 is 16.5. The molecule has 0 saturated heterocycles. The molecular weight excluding hydrogens is 344 g/mol. The molecule has 1 aliphatic heterocycles. The van der Waals surface area contributed by atoms with Crippen molar-refractivity contribution in [2.24, 2.45) is 0 Å². The molecule has 0 bridgehead atoms. The topological polar surface area (TPSA) is 60.0 Å². The summed E-state index contributed by atoms with van der Waals surface area (Å²) in [6, 6.07) is 13.3. The fourth-order valence-electron chi connectivity index (χ4n) is 2.99. The number of hydrogen-bond acceptors (Lipinski definition) is 5. The lowest BCUT2D eigenvalue weighted by Crippen LogP contribution is -2.42. The standard InChI is InChI=1S/C21H26N2O4/c1-15(21(24)22-13-17-6-4-5-7-18(17)25-3)23(2)14-16-8-9-19-20(12-16)27-11-10-26-19/h4-9,12,15H,10-11,13-14H2,1-3H3,(H,22,24)/t15-/m1/s1. The van der Waals surface area contributed by atoms with E-state index in [2.05, 4.69) is 5.32 Å². The fourth-order valence-corrected chi connectivity index (χ4v) is 2.99. The van der Waals surface area contributed by atoms with Gasteiger partial charge in [0.1, 0.15) is 19.0 Å². The molecule has 0 aromatic heterocycles. The molecule has 1 aliphatic rings. The molecule has 0 spiro atoms. The average molecular weight is 370 g/mol. The molecule has 6 heteroatoms.